The number of ether oxygens (including phenoxy) is 5. The van der Waals surface area contributed by atoms with E-state index in [2.05, 4.69) is 0 Å². The highest BCUT2D eigenvalue weighted by molar-refractivity contribution is 6.51. The van der Waals surface area contributed by atoms with Gasteiger partial charge in [0.15, 0.2) is 0 Å². The Kier molecular flexibility index (Phi) is 11.5. The van der Waals surface area contributed by atoms with Crippen LogP contribution in [0.25, 0.3) is 0 Å². The molecule has 0 aliphatic carbocycles. The zero-order valence-electron chi connectivity index (χ0n) is 19.7. The summed E-state index contributed by atoms with van der Waals surface area (Å²) in [5.41, 5.74) is -1.16. The van der Waals surface area contributed by atoms with Crippen molar-refractivity contribution in [1.29, 1.82) is 0 Å². The summed E-state index contributed by atoms with van der Waals surface area (Å²) in [4.78, 5) is 11.4. The summed E-state index contributed by atoms with van der Waals surface area (Å²) < 4.78 is 38.4. The van der Waals surface area contributed by atoms with Gasteiger partial charge in [0.2, 0.25) is 0 Å². The molecule has 0 bridgehead atoms. The fraction of sp³-hybridized carbons (Fsp3) is 0.857. The Morgan fingerprint density at radius 3 is 1.80 bits per heavy atom. The molecule has 1 saturated heterocycles. The normalized spacial score (nSPS) is 18.3. The predicted octanol–water partition coefficient (Wildman–Crippen LogP) is 2.58. The van der Waals surface area contributed by atoms with Crippen molar-refractivity contribution < 1.29 is 37.8 Å². The molecule has 1 aliphatic rings. The van der Waals surface area contributed by atoms with Crippen LogP contribution < -0.4 is 0 Å². The minimum absolute atomic E-state index is 0.0720. The predicted molar refractivity (Wildman–Crippen MR) is 114 cm³/mol. The molecule has 0 atom stereocenters. The second-order valence-electron chi connectivity index (χ2n) is 8.99. The third kappa shape index (κ3) is 11.4. The summed E-state index contributed by atoms with van der Waals surface area (Å²) in [5.74, 6) is 1.49. The van der Waals surface area contributed by atoms with E-state index in [0.717, 1.165) is 0 Å². The van der Waals surface area contributed by atoms with E-state index in [1.165, 1.54) is 0 Å². The van der Waals surface area contributed by atoms with Gasteiger partial charge in [-0.25, -0.2) is 4.79 Å². The van der Waals surface area contributed by atoms with E-state index in [0.29, 0.717) is 46.2 Å². The molecule has 1 rings (SSSR count). The average molecular weight is 430 g/mol. The maximum Gasteiger partial charge on any atom is 0.486 e. The molecule has 1 aliphatic heterocycles. The molecule has 0 saturated carbocycles. The van der Waals surface area contributed by atoms with Crippen LogP contribution in [0.1, 0.15) is 48.5 Å². The maximum atomic E-state index is 11.4. The molecule has 30 heavy (non-hydrogen) atoms. The van der Waals surface area contributed by atoms with Gasteiger partial charge in [-0.1, -0.05) is 12.1 Å². The van der Waals surface area contributed by atoms with Crippen molar-refractivity contribution in [1.82, 2.24) is 0 Å². The van der Waals surface area contributed by atoms with Gasteiger partial charge < -0.3 is 33.0 Å². The van der Waals surface area contributed by atoms with Crippen molar-refractivity contribution in [2.24, 2.45) is 0 Å². The van der Waals surface area contributed by atoms with Crippen molar-refractivity contribution in [3.05, 3.63) is 12.1 Å². The first-order valence-electron chi connectivity index (χ1n) is 10.5. The first-order valence-corrected chi connectivity index (χ1v) is 10.5. The van der Waals surface area contributed by atoms with Crippen molar-refractivity contribution in [2.45, 2.75) is 65.3 Å². The van der Waals surface area contributed by atoms with Crippen LogP contribution in [0.15, 0.2) is 12.1 Å². The molecule has 174 valence electrons. The van der Waals surface area contributed by atoms with Gasteiger partial charge in [0.25, 0.3) is 0 Å². The van der Waals surface area contributed by atoms with Gasteiger partial charge >= 0.3 is 13.1 Å². The van der Waals surface area contributed by atoms with E-state index in [-0.39, 0.29) is 30.9 Å². The Balaban J connectivity index is 1.88. The third-order valence-corrected chi connectivity index (χ3v) is 4.53. The molecule has 0 amide bonds. The highest BCUT2D eigenvalue weighted by Gasteiger charge is 2.49. The fourth-order valence-corrected chi connectivity index (χ4v) is 2.37. The Hall–Kier alpha value is -0.965. The lowest BCUT2D eigenvalue weighted by atomic mass is 9.90. The molecule has 0 spiro atoms. The van der Waals surface area contributed by atoms with Gasteiger partial charge in [0, 0.05) is 0 Å². The van der Waals surface area contributed by atoms with Crippen LogP contribution in [0.4, 0.5) is 0 Å². The summed E-state index contributed by atoms with van der Waals surface area (Å²) in [6.45, 7) is 16.6. The van der Waals surface area contributed by atoms with Gasteiger partial charge in [-0.3, -0.25) is 0 Å². The molecular formula is C21H39BO8. The minimum Gasteiger partial charge on any atom is -0.458 e. The molecule has 0 unspecified atom stereocenters. The van der Waals surface area contributed by atoms with Crippen LogP contribution in [-0.2, 0) is 37.8 Å². The van der Waals surface area contributed by atoms with E-state index in [1.54, 1.807) is 0 Å². The van der Waals surface area contributed by atoms with Crippen molar-refractivity contribution in [2.75, 3.05) is 52.9 Å². The fourth-order valence-electron chi connectivity index (χ4n) is 2.37. The van der Waals surface area contributed by atoms with Gasteiger partial charge in [0.1, 0.15) is 12.2 Å². The third-order valence-electron chi connectivity index (χ3n) is 4.53. The van der Waals surface area contributed by atoms with Crippen LogP contribution in [0.5, 0.6) is 0 Å². The number of rotatable bonds is 14. The molecular weight excluding hydrogens is 391 g/mol. The zero-order valence-corrected chi connectivity index (χ0v) is 19.7. The Morgan fingerprint density at radius 1 is 0.833 bits per heavy atom. The Morgan fingerprint density at radius 2 is 1.30 bits per heavy atom. The number of esters is 1. The standard InChI is InChI=1S/C21H39BO8/c1-19(2,3)28-18(23)17-27-16-15-26-14-13-25-12-11-24-10-8-9-22-29-20(4,5)21(6,7)30-22/h8-9H,10-17H2,1-7H3. The molecule has 0 aromatic heterocycles. The zero-order chi connectivity index (χ0) is 22.7. The SMILES string of the molecule is CC(C)(C)OC(=O)COCCOCCOCCOCC=CB1OC(C)(C)C(C)(C)O1. The Labute approximate surface area is 181 Å². The molecule has 0 N–H and O–H groups in total. The molecule has 0 aromatic carbocycles. The first-order chi connectivity index (χ1) is 13.9. The molecule has 1 heterocycles. The summed E-state index contributed by atoms with van der Waals surface area (Å²) in [5, 5.41) is 0. The number of carbonyl (C=O) groups is 1. The molecule has 1 fully saturated rings. The van der Waals surface area contributed by atoms with Gasteiger partial charge in [-0.15, -0.1) is 0 Å². The topological polar surface area (TPSA) is 81.7 Å². The van der Waals surface area contributed by atoms with E-state index in [9.17, 15) is 4.79 Å². The lowest BCUT2D eigenvalue weighted by molar-refractivity contribution is -0.160. The number of hydrogen-bond donors (Lipinski definition) is 0. The molecule has 9 heteroatoms. The van der Waals surface area contributed by atoms with Gasteiger partial charge in [-0.2, -0.15) is 0 Å². The smallest absolute Gasteiger partial charge is 0.458 e. The van der Waals surface area contributed by atoms with E-state index >= 15 is 0 Å². The van der Waals surface area contributed by atoms with Crippen LogP contribution in [0.3, 0.4) is 0 Å². The summed E-state index contributed by atoms with van der Waals surface area (Å²) in [6.07, 6.45) is 1.89. The quantitative estimate of drug-likeness (QED) is 0.236. The number of carbonyl (C=O) groups excluding carboxylic acids is 1. The minimum atomic E-state index is -0.499. The van der Waals surface area contributed by atoms with Gasteiger partial charge in [-0.05, 0) is 48.5 Å². The van der Waals surface area contributed by atoms with Crippen molar-refractivity contribution in [3.8, 4) is 0 Å². The lowest BCUT2D eigenvalue weighted by Gasteiger charge is -2.32. The average Bonchev–Trinajstić information content (AvgIpc) is 2.80. The van der Waals surface area contributed by atoms with Crippen LogP contribution >= 0.6 is 0 Å². The van der Waals surface area contributed by atoms with E-state index < -0.39 is 5.60 Å². The second-order valence-corrected chi connectivity index (χ2v) is 8.99. The molecule has 8 nitrogen and oxygen atoms in total. The van der Waals surface area contributed by atoms with Gasteiger partial charge in [0.05, 0.1) is 57.5 Å². The summed E-state index contributed by atoms with van der Waals surface area (Å²) >= 11 is 0. The lowest BCUT2D eigenvalue weighted by Crippen LogP contribution is -2.41. The molecule has 0 aromatic rings. The van der Waals surface area contributed by atoms with E-state index in [1.807, 2.05) is 60.5 Å². The first kappa shape index (κ1) is 27.1. The second kappa shape index (κ2) is 12.8. The van der Waals surface area contributed by atoms with Crippen LogP contribution in [0, 0.1) is 0 Å². The van der Waals surface area contributed by atoms with Crippen LogP contribution in [0.2, 0.25) is 0 Å². The van der Waals surface area contributed by atoms with Crippen LogP contribution in [-0.4, -0.2) is 82.7 Å². The summed E-state index contributed by atoms with van der Waals surface area (Å²) in [7, 11) is -0.347. The molecule has 0 radical (unpaired) electrons. The Bertz CT molecular complexity index is 512. The highest BCUT2D eigenvalue weighted by atomic mass is 16.7. The van der Waals surface area contributed by atoms with Crippen molar-refractivity contribution in [3.63, 3.8) is 0 Å². The maximum absolute atomic E-state index is 11.4. The van der Waals surface area contributed by atoms with Crippen molar-refractivity contribution >= 4 is 13.1 Å². The van der Waals surface area contributed by atoms with E-state index in [4.69, 9.17) is 33.0 Å². The monoisotopic (exact) mass is 430 g/mol. The highest BCUT2D eigenvalue weighted by Crippen LogP contribution is 2.36. The summed E-state index contributed by atoms with van der Waals surface area (Å²) in [6, 6.07) is 0. The number of hydrogen-bond acceptors (Lipinski definition) is 8. The largest absolute Gasteiger partial charge is 0.486 e.